The molecule has 0 saturated carbocycles. The molecular weight excluding hydrogens is 176 g/mol. The summed E-state index contributed by atoms with van der Waals surface area (Å²) in [5.74, 6) is -1.76. The van der Waals surface area contributed by atoms with Crippen molar-refractivity contribution in [2.75, 3.05) is 0 Å². The molecule has 0 amide bonds. The number of aliphatic hydroxyl groups is 2. The van der Waals surface area contributed by atoms with Crippen LogP contribution in [0.25, 0.3) is 10.8 Å². The predicted octanol–water partition coefficient (Wildman–Crippen LogP) is 2.00. The van der Waals surface area contributed by atoms with Gasteiger partial charge in [-0.15, -0.1) is 0 Å². The summed E-state index contributed by atoms with van der Waals surface area (Å²) in [6.45, 7) is 1.36. The van der Waals surface area contributed by atoms with Crippen molar-refractivity contribution in [3.63, 3.8) is 0 Å². The molecule has 2 heteroatoms. The van der Waals surface area contributed by atoms with Gasteiger partial charge in [0.15, 0.2) is 5.79 Å². The topological polar surface area (TPSA) is 40.5 Å². The van der Waals surface area contributed by atoms with Crippen molar-refractivity contribution in [3.8, 4) is 0 Å². The maximum atomic E-state index is 9.40. The molecule has 0 unspecified atom stereocenters. The minimum atomic E-state index is -1.76. The molecule has 0 aliphatic rings. The highest BCUT2D eigenvalue weighted by molar-refractivity contribution is 5.83. The molecule has 0 atom stereocenters. The fourth-order valence-corrected chi connectivity index (χ4v) is 1.48. The molecule has 0 radical (unpaired) electrons. The van der Waals surface area contributed by atoms with Gasteiger partial charge in [0.05, 0.1) is 0 Å². The van der Waals surface area contributed by atoms with Crippen molar-refractivity contribution in [1.82, 2.24) is 0 Å². The van der Waals surface area contributed by atoms with Gasteiger partial charge in [0.1, 0.15) is 0 Å². The number of fused-ring (bicyclic) bond motifs is 1. The third kappa shape index (κ3) is 1.62. The Morgan fingerprint density at radius 1 is 0.929 bits per heavy atom. The van der Waals surface area contributed by atoms with Crippen LogP contribution in [0.15, 0.2) is 42.5 Å². The first-order valence-corrected chi connectivity index (χ1v) is 4.51. The molecule has 0 heterocycles. The zero-order valence-electron chi connectivity index (χ0n) is 7.94. The van der Waals surface area contributed by atoms with Crippen LogP contribution in [0, 0.1) is 0 Å². The minimum absolute atomic E-state index is 0.510. The summed E-state index contributed by atoms with van der Waals surface area (Å²) < 4.78 is 0. The van der Waals surface area contributed by atoms with E-state index >= 15 is 0 Å². The van der Waals surface area contributed by atoms with Crippen LogP contribution in [0.4, 0.5) is 0 Å². The first-order valence-electron chi connectivity index (χ1n) is 4.51. The second-order valence-corrected chi connectivity index (χ2v) is 3.58. The molecule has 2 rings (SSSR count). The van der Waals surface area contributed by atoms with Crippen LogP contribution < -0.4 is 0 Å². The summed E-state index contributed by atoms with van der Waals surface area (Å²) in [5.41, 5.74) is 0.510. The van der Waals surface area contributed by atoms with Crippen LogP contribution in [-0.4, -0.2) is 10.2 Å². The van der Waals surface area contributed by atoms with Crippen molar-refractivity contribution < 1.29 is 10.2 Å². The molecule has 0 aromatic heterocycles. The first kappa shape index (κ1) is 9.19. The van der Waals surface area contributed by atoms with Crippen LogP contribution >= 0.6 is 0 Å². The lowest BCUT2D eigenvalue weighted by Gasteiger charge is -2.16. The van der Waals surface area contributed by atoms with Gasteiger partial charge in [-0.1, -0.05) is 36.4 Å². The number of benzene rings is 2. The summed E-state index contributed by atoms with van der Waals surface area (Å²) in [7, 11) is 0. The van der Waals surface area contributed by atoms with Crippen molar-refractivity contribution in [1.29, 1.82) is 0 Å². The molecule has 14 heavy (non-hydrogen) atoms. The van der Waals surface area contributed by atoms with Crippen molar-refractivity contribution in [2.45, 2.75) is 12.7 Å². The maximum absolute atomic E-state index is 9.40. The third-order valence-corrected chi connectivity index (χ3v) is 2.30. The highest BCUT2D eigenvalue weighted by Crippen LogP contribution is 2.22. The summed E-state index contributed by atoms with van der Waals surface area (Å²) in [4.78, 5) is 0. The highest BCUT2D eigenvalue weighted by atomic mass is 16.5. The molecule has 0 aliphatic heterocycles. The van der Waals surface area contributed by atoms with Gasteiger partial charge in [0.25, 0.3) is 0 Å². The van der Waals surface area contributed by atoms with Crippen LogP contribution in [-0.2, 0) is 5.79 Å². The lowest BCUT2D eigenvalue weighted by atomic mass is 10.0. The van der Waals surface area contributed by atoms with Gasteiger partial charge < -0.3 is 10.2 Å². The Morgan fingerprint density at radius 2 is 1.57 bits per heavy atom. The predicted molar refractivity (Wildman–Crippen MR) is 55.7 cm³/mol. The Balaban J connectivity index is 2.63. The molecule has 0 bridgehead atoms. The van der Waals surface area contributed by atoms with E-state index in [-0.39, 0.29) is 0 Å². The van der Waals surface area contributed by atoms with E-state index < -0.39 is 5.79 Å². The number of hydrogen-bond acceptors (Lipinski definition) is 2. The Kier molecular flexibility index (Phi) is 2.02. The molecule has 0 saturated heterocycles. The molecular formula is C12H12O2. The van der Waals surface area contributed by atoms with Gasteiger partial charge in [-0.25, -0.2) is 0 Å². The second-order valence-electron chi connectivity index (χ2n) is 3.58. The van der Waals surface area contributed by atoms with Gasteiger partial charge >= 0.3 is 0 Å². The maximum Gasteiger partial charge on any atom is 0.186 e. The Morgan fingerprint density at radius 3 is 2.21 bits per heavy atom. The Labute approximate surface area is 82.4 Å². The van der Waals surface area contributed by atoms with Crippen LogP contribution in [0.3, 0.4) is 0 Å². The van der Waals surface area contributed by atoms with Gasteiger partial charge in [-0.2, -0.15) is 0 Å². The van der Waals surface area contributed by atoms with E-state index in [1.807, 2.05) is 30.3 Å². The van der Waals surface area contributed by atoms with E-state index in [4.69, 9.17) is 0 Å². The van der Waals surface area contributed by atoms with E-state index in [1.54, 1.807) is 12.1 Å². The minimum Gasteiger partial charge on any atom is -0.362 e. The Hall–Kier alpha value is -1.38. The van der Waals surface area contributed by atoms with Gasteiger partial charge in [-0.05, 0) is 23.8 Å². The van der Waals surface area contributed by atoms with E-state index in [0.29, 0.717) is 5.56 Å². The molecule has 0 spiro atoms. The second kappa shape index (κ2) is 3.08. The fraction of sp³-hybridized carbons (Fsp3) is 0.167. The van der Waals surface area contributed by atoms with E-state index in [0.717, 1.165) is 10.8 Å². The highest BCUT2D eigenvalue weighted by Gasteiger charge is 2.17. The van der Waals surface area contributed by atoms with Crippen LogP contribution in [0.5, 0.6) is 0 Å². The van der Waals surface area contributed by atoms with Gasteiger partial charge in [0, 0.05) is 5.56 Å². The summed E-state index contributed by atoms with van der Waals surface area (Å²) >= 11 is 0. The van der Waals surface area contributed by atoms with E-state index in [1.165, 1.54) is 6.92 Å². The zero-order valence-corrected chi connectivity index (χ0v) is 7.94. The van der Waals surface area contributed by atoms with Gasteiger partial charge in [-0.3, -0.25) is 0 Å². The van der Waals surface area contributed by atoms with Crippen molar-refractivity contribution >= 4 is 10.8 Å². The summed E-state index contributed by atoms with van der Waals surface area (Å²) in [5, 5.41) is 20.9. The fourth-order valence-electron chi connectivity index (χ4n) is 1.48. The lowest BCUT2D eigenvalue weighted by Crippen LogP contribution is -2.19. The zero-order chi connectivity index (χ0) is 10.2. The number of hydrogen-bond donors (Lipinski definition) is 2. The van der Waals surface area contributed by atoms with Crippen molar-refractivity contribution in [2.24, 2.45) is 0 Å². The van der Waals surface area contributed by atoms with Crippen LogP contribution in [0.2, 0.25) is 0 Å². The normalized spacial score (nSPS) is 11.9. The van der Waals surface area contributed by atoms with E-state index in [9.17, 15) is 10.2 Å². The molecule has 2 nitrogen and oxygen atoms in total. The SMILES string of the molecule is CC(O)(O)c1ccc2ccccc2c1. The smallest absolute Gasteiger partial charge is 0.186 e. The molecule has 2 aromatic carbocycles. The summed E-state index contributed by atoms with van der Waals surface area (Å²) in [6, 6.07) is 13.2. The molecule has 2 aromatic rings. The van der Waals surface area contributed by atoms with Crippen LogP contribution in [0.1, 0.15) is 12.5 Å². The monoisotopic (exact) mass is 188 g/mol. The quantitative estimate of drug-likeness (QED) is 0.672. The molecule has 72 valence electrons. The third-order valence-electron chi connectivity index (χ3n) is 2.30. The Bertz CT molecular complexity index is 455. The van der Waals surface area contributed by atoms with E-state index in [2.05, 4.69) is 0 Å². The van der Waals surface area contributed by atoms with Crippen molar-refractivity contribution in [3.05, 3.63) is 48.0 Å². The molecule has 0 aliphatic carbocycles. The largest absolute Gasteiger partial charge is 0.362 e. The average Bonchev–Trinajstić information content (AvgIpc) is 2.16. The number of rotatable bonds is 1. The first-order chi connectivity index (χ1) is 6.57. The average molecular weight is 188 g/mol. The molecule has 0 fully saturated rings. The summed E-state index contributed by atoms with van der Waals surface area (Å²) in [6.07, 6.45) is 0. The standard InChI is InChI=1S/C12H12O2/c1-12(13,14)11-7-6-9-4-2-3-5-10(9)8-11/h2-8,13-14H,1H3. The van der Waals surface area contributed by atoms with Gasteiger partial charge in [0.2, 0.25) is 0 Å². The lowest BCUT2D eigenvalue weighted by molar-refractivity contribution is -0.152. The molecule has 2 N–H and O–H groups in total.